The van der Waals surface area contributed by atoms with Crippen molar-refractivity contribution < 1.29 is 31.1 Å². The Morgan fingerprint density at radius 1 is 1.10 bits per heavy atom. The Morgan fingerprint density at radius 2 is 1.65 bits per heavy atom. The molecule has 20 heavy (non-hydrogen) atoms. The lowest BCUT2D eigenvalue weighted by atomic mass is 10.0. The van der Waals surface area contributed by atoms with Crippen molar-refractivity contribution in [1.29, 1.82) is 0 Å². The molecular weight excluding hydrogens is 302 g/mol. The first-order valence-corrected chi connectivity index (χ1v) is 6.78. The third kappa shape index (κ3) is 1.97. The highest BCUT2D eigenvalue weighted by molar-refractivity contribution is 7.99. The van der Waals surface area contributed by atoms with Crippen LogP contribution in [0.15, 0.2) is 11.8 Å². The summed E-state index contributed by atoms with van der Waals surface area (Å²) in [7, 11) is -4.38. The first-order chi connectivity index (χ1) is 8.99. The van der Waals surface area contributed by atoms with E-state index in [2.05, 4.69) is 0 Å². The van der Waals surface area contributed by atoms with Gasteiger partial charge in [0.25, 0.3) is 0 Å². The first kappa shape index (κ1) is 14.8. The fraction of sp³-hybridized carbons (Fsp3) is 0.273. The predicted octanol–water partition coefficient (Wildman–Crippen LogP) is 2.18. The van der Waals surface area contributed by atoms with Crippen molar-refractivity contribution in [2.45, 2.75) is 19.4 Å². The monoisotopic (exact) mass is 311 g/mol. The van der Waals surface area contributed by atoms with E-state index in [1.54, 1.807) is 0 Å². The van der Waals surface area contributed by atoms with Crippen molar-refractivity contribution >= 4 is 14.9 Å². The van der Waals surface area contributed by atoms with Crippen molar-refractivity contribution in [3.63, 3.8) is 0 Å². The molecule has 0 spiro atoms. The molecule has 0 fully saturated rings. The Morgan fingerprint density at radius 3 is 2.10 bits per heavy atom. The Kier molecular flexibility index (Phi) is 3.10. The summed E-state index contributed by atoms with van der Waals surface area (Å²) in [5.41, 5.74) is -2.54. The molecule has 0 atom stereocenters. The molecule has 4 nitrogen and oxygen atoms in total. The standard InChI is InChI=1S/C11H9F4NO3S/c1-11(2)10(17)9(20(18,19)16-11)4-3-5(12)7(14)8(15)6(4)13/h3,16-17H,1-2H3. The number of rotatable bonds is 1. The van der Waals surface area contributed by atoms with E-state index in [0.29, 0.717) is 0 Å². The lowest BCUT2D eigenvalue weighted by Crippen LogP contribution is -2.38. The summed E-state index contributed by atoms with van der Waals surface area (Å²) in [5, 5.41) is 9.81. The maximum absolute atomic E-state index is 13.6. The molecule has 9 heteroatoms. The van der Waals surface area contributed by atoms with Gasteiger partial charge in [0.2, 0.25) is 10.0 Å². The topological polar surface area (TPSA) is 66.4 Å². The second kappa shape index (κ2) is 4.19. The number of hydrogen-bond donors (Lipinski definition) is 2. The van der Waals surface area contributed by atoms with Gasteiger partial charge in [-0.2, -0.15) is 4.72 Å². The van der Waals surface area contributed by atoms with Crippen LogP contribution in [0.1, 0.15) is 19.4 Å². The average Bonchev–Trinajstić information content (AvgIpc) is 2.47. The Hall–Kier alpha value is -1.61. The van der Waals surface area contributed by atoms with Gasteiger partial charge < -0.3 is 5.11 Å². The summed E-state index contributed by atoms with van der Waals surface area (Å²) in [6.45, 7) is 2.53. The van der Waals surface area contributed by atoms with Crippen molar-refractivity contribution in [2.75, 3.05) is 0 Å². The molecule has 1 aliphatic heterocycles. The van der Waals surface area contributed by atoms with E-state index in [9.17, 15) is 31.1 Å². The van der Waals surface area contributed by atoms with Crippen LogP contribution in [0.2, 0.25) is 0 Å². The van der Waals surface area contributed by atoms with Crippen molar-refractivity contribution in [3.8, 4) is 0 Å². The van der Waals surface area contributed by atoms with Gasteiger partial charge in [-0.15, -0.1) is 0 Å². The summed E-state index contributed by atoms with van der Waals surface area (Å²) >= 11 is 0. The highest BCUT2D eigenvalue weighted by Gasteiger charge is 2.45. The second-order valence-corrected chi connectivity index (χ2v) is 6.38. The van der Waals surface area contributed by atoms with Gasteiger partial charge in [-0.1, -0.05) is 0 Å². The minimum absolute atomic E-state index is 0.180. The fourth-order valence-electron chi connectivity index (χ4n) is 1.86. The van der Waals surface area contributed by atoms with E-state index in [-0.39, 0.29) is 6.07 Å². The normalized spacial score (nSPS) is 20.5. The van der Waals surface area contributed by atoms with Gasteiger partial charge in [-0.3, -0.25) is 0 Å². The van der Waals surface area contributed by atoms with Crippen molar-refractivity contribution in [2.24, 2.45) is 0 Å². The van der Waals surface area contributed by atoms with E-state index in [1.807, 2.05) is 4.72 Å². The maximum atomic E-state index is 13.6. The van der Waals surface area contributed by atoms with Crippen LogP contribution in [0, 0.1) is 23.3 Å². The average molecular weight is 311 g/mol. The zero-order chi connectivity index (χ0) is 15.5. The van der Waals surface area contributed by atoms with Gasteiger partial charge >= 0.3 is 0 Å². The van der Waals surface area contributed by atoms with Gasteiger partial charge in [-0.05, 0) is 19.9 Å². The third-order valence-corrected chi connectivity index (χ3v) is 4.54. The number of benzene rings is 1. The molecule has 0 saturated heterocycles. The quantitative estimate of drug-likeness (QED) is 0.474. The van der Waals surface area contributed by atoms with Gasteiger partial charge in [0, 0.05) is 5.56 Å². The van der Waals surface area contributed by atoms with Crippen LogP contribution in [0.5, 0.6) is 0 Å². The minimum Gasteiger partial charge on any atom is -0.509 e. The second-order valence-electron chi connectivity index (χ2n) is 4.76. The van der Waals surface area contributed by atoms with Crippen LogP contribution in [0.4, 0.5) is 17.6 Å². The zero-order valence-corrected chi connectivity index (χ0v) is 11.1. The Balaban J connectivity index is 2.85. The summed E-state index contributed by atoms with van der Waals surface area (Å²) in [6.07, 6.45) is 0. The van der Waals surface area contributed by atoms with E-state index >= 15 is 0 Å². The molecule has 1 aromatic carbocycles. The van der Waals surface area contributed by atoms with Gasteiger partial charge in [0.05, 0.1) is 5.54 Å². The summed E-state index contributed by atoms with van der Waals surface area (Å²) in [5.74, 6) is -8.69. The maximum Gasteiger partial charge on any atom is 0.245 e. The number of aliphatic hydroxyl groups excluding tert-OH is 1. The molecule has 2 rings (SSSR count). The zero-order valence-electron chi connectivity index (χ0n) is 10.3. The molecule has 1 aliphatic rings. The van der Waals surface area contributed by atoms with Gasteiger partial charge in [0.15, 0.2) is 23.3 Å². The number of aliphatic hydroxyl groups is 1. The molecule has 2 N–H and O–H groups in total. The van der Waals surface area contributed by atoms with Crippen LogP contribution < -0.4 is 4.72 Å². The molecule has 0 unspecified atom stereocenters. The first-order valence-electron chi connectivity index (χ1n) is 5.30. The van der Waals surface area contributed by atoms with Crippen LogP contribution in [0.25, 0.3) is 4.91 Å². The number of hydrogen-bond acceptors (Lipinski definition) is 3. The van der Waals surface area contributed by atoms with Crippen molar-refractivity contribution in [3.05, 3.63) is 40.7 Å². The molecule has 0 bridgehead atoms. The van der Waals surface area contributed by atoms with Crippen LogP contribution in [-0.2, 0) is 10.0 Å². The lowest BCUT2D eigenvalue weighted by molar-refractivity contribution is 0.318. The minimum atomic E-state index is -4.38. The number of halogens is 4. The SMILES string of the molecule is CC1(C)NS(=O)(=O)C(c2cc(F)c(F)c(F)c2F)=C1O. The summed E-state index contributed by atoms with van der Waals surface area (Å²) in [6, 6.07) is 0.180. The molecular formula is C11H9F4NO3S. The molecule has 0 radical (unpaired) electrons. The molecule has 0 aromatic heterocycles. The third-order valence-electron chi connectivity index (χ3n) is 2.81. The largest absolute Gasteiger partial charge is 0.509 e. The van der Waals surface area contributed by atoms with Crippen LogP contribution >= 0.6 is 0 Å². The molecule has 1 aromatic rings. The van der Waals surface area contributed by atoms with E-state index in [0.717, 1.165) is 0 Å². The van der Waals surface area contributed by atoms with E-state index in [1.165, 1.54) is 13.8 Å². The highest BCUT2D eigenvalue weighted by atomic mass is 32.2. The Bertz CT molecular complexity index is 741. The lowest BCUT2D eigenvalue weighted by Gasteiger charge is -2.16. The molecule has 0 saturated carbocycles. The van der Waals surface area contributed by atoms with Crippen LogP contribution in [-0.4, -0.2) is 19.1 Å². The molecule has 110 valence electrons. The smallest absolute Gasteiger partial charge is 0.245 e. The van der Waals surface area contributed by atoms with Gasteiger partial charge in [-0.25, -0.2) is 26.0 Å². The molecule has 0 amide bonds. The van der Waals surface area contributed by atoms with Crippen LogP contribution in [0.3, 0.4) is 0 Å². The molecule has 0 aliphatic carbocycles. The fourth-order valence-corrected chi connectivity index (χ4v) is 3.68. The van der Waals surface area contributed by atoms with Crippen molar-refractivity contribution in [1.82, 2.24) is 4.72 Å². The summed E-state index contributed by atoms with van der Waals surface area (Å²) in [4.78, 5) is -1.02. The number of sulfonamides is 1. The molecule has 1 heterocycles. The highest BCUT2D eigenvalue weighted by Crippen LogP contribution is 2.38. The number of nitrogens with one attached hydrogen (secondary N) is 1. The van der Waals surface area contributed by atoms with E-state index in [4.69, 9.17) is 0 Å². The Labute approximate surface area is 111 Å². The van der Waals surface area contributed by atoms with E-state index < -0.39 is 55.1 Å². The van der Waals surface area contributed by atoms with Gasteiger partial charge in [0.1, 0.15) is 10.7 Å². The summed E-state index contributed by atoms with van der Waals surface area (Å²) < 4.78 is 78.4. The predicted molar refractivity (Wildman–Crippen MR) is 62.0 cm³/mol.